The predicted octanol–water partition coefficient (Wildman–Crippen LogP) is 4.32. The van der Waals surface area contributed by atoms with E-state index >= 15 is 0 Å². The number of furan rings is 1. The van der Waals surface area contributed by atoms with Gasteiger partial charge in [-0.1, -0.05) is 38.1 Å². The van der Waals surface area contributed by atoms with E-state index in [0.717, 1.165) is 24.5 Å². The number of hydrogen-bond donors (Lipinski definition) is 1. The second-order valence-corrected chi connectivity index (χ2v) is 4.54. The summed E-state index contributed by atoms with van der Waals surface area (Å²) >= 11 is 0. The van der Waals surface area contributed by atoms with Crippen LogP contribution in [0.4, 0.5) is 0 Å². The van der Waals surface area contributed by atoms with E-state index in [1.165, 1.54) is 11.1 Å². The topological polar surface area (TPSA) is 25.2 Å². The molecule has 1 aromatic carbocycles. The van der Waals surface area contributed by atoms with Crippen molar-refractivity contribution in [3.8, 4) is 11.3 Å². The first kappa shape index (κ1) is 12.9. The number of benzene rings is 1. The average Bonchev–Trinajstić information content (AvgIpc) is 2.85. The Balaban J connectivity index is 2.28. The first-order chi connectivity index (χ1) is 8.76. The molecule has 0 amide bonds. The molecule has 0 fully saturated rings. The quantitative estimate of drug-likeness (QED) is 0.846. The van der Waals surface area contributed by atoms with E-state index in [4.69, 9.17) is 4.42 Å². The van der Waals surface area contributed by atoms with Crippen LogP contribution in [0.5, 0.6) is 0 Å². The normalized spacial score (nSPS) is 12.6. The van der Waals surface area contributed by atoms with Gasteiger partial charge in [-0.2, -0.15) is 0 Å². The van der Waals surface area contributed by atoms with Crippen LogP contribution in [-0.4, -0.2) is 6.54 Å². The van der Waals surface area contributed by atoms with Gasteiger partial charge < -0.3 is 9.73 Å². The van der Waals surface area contributed by atoms with Crippen molar-refractivity contribution in [2.24, 2.45) is 0 Å². The molecule has 1 N–H and O–H groups in total. The second-order valence-electron chi connectivity index (χ2n) is 4.54. The molecule has 96 valence electrons. The van der Waals surface area contributed by atoms with Gasteiger partial charge >= 0.3 is 0 Å². The van der Waals surface area contributed by atoms with Gasteiger partial charge in [-0.05, 0) is 37.6 Å². The fourth-order valence-electron chi connectivity index (χ4n) is 2.23. The first-order valence-corrected chi connectivity index (χ1v) is 6.65. The van der Waals surface area contributed by atoms with E-state index in [2.05, 4.69) is 56.4 Å². The zero-order valence-electron chi connectivity index (χ0n) is 11.4. The molecule has 2 rings (SSSR count). The summed E-state index contributed by atoms with van der Waals surface area (Å²) in [6.45, 7) is 7.36. The summed E-state index contributed by atoms with van der Waals surface area (Å²) in [5.74, 6) is 1.98. The first-order valence-electron chi connectivity index (χ1n) is 6.65. The third kappa shape index (κ3) is 2.65. The van der Waals surface area contributed by atoms with E-state index in [1.807, 2.05) is 6.07 Å². The van der Waals surface area contributed by atoms with E-state index in [9.17, 15) is 0 Å². The lowest BCUT2D eigenvalue weighted by Crippen LogP contribution is -2.19. The molecule has 0 saturated carbocycles. The van der Waals surface area contributed by atoms with E-state index in [1.54, 1.807) is 0 Å². The van der Waals surface area contributed by atoms with Gasteiger partial charge in [-0.15, -0.1) is 0 Å². The van der Waals surface area contributed by atoms with Crippen molar-refractivity contribution >= 4 is 0 Å². The van der Waals surface area contributed by atoms with Crippen LogP contribution < -0.4 is 5.32 Å². The highest BCUT2D eigenvalue weighted by Crippen LogP contribution is 2.28. The third-order valence-corrected chi connectivity index (χ3v) is 3.24. The maximum atomic E-state index is 5.99. The lowest BCUT2D eigenvalue weighted by Gasteiger charge is -2.12. The lowest BCUT2D eigenvalue weighted by molar-refractivity contribution is 0.417. The van der Waals surface area contributed by atoms with Crippen LogP contribution in [0.2, 0.25) is 0 Å². The molecule has 2 heteroatoms. The van der Waals surface area contributed by atoms with Crippen LogP contribution in [-0.2, 0) is 0 Å². The molecule has 0 radical (unpaired) electrons. The Morgan fingerprint density at radius 3 is 2.56 bits per heavy atom. The number of hydrogen-bond acceptors (Lipinski definition) is 2. The van der Waals surface area contributed by atoms with Gasteiger partial charge in [0.15, 0.2) is 0 Å². The minimum Gasteiger partial charge on any atom is -0.459 e. The molecule has 0 aliphatic carbocycles. The standard InChI is InChI=1S/C16H21NO/c1-4-14(17-5-2)16-11-10-15(18-16)13-9-7-6-8-12(13)3/h6-11,14,17H,4-5H2,1-3H3. The summed E-state index contributed by atoms with van der Waals surface area (Å²) in [7, 11) is 0. The minimum atomic E-state index is 0.313. The Kier molecular flexibility index (Phi) is 4.21. The molecule has 1 atom stereocenters. The molecule has 1 unspecified atom stereocenters. The van der Waals surface area contributed by atoms with E-state index in [0.29, 0.717) is 6.04 Å². The van der Waals surface area contributed by atoms with Crippen LogP contribution in [0, 0.1) is 6.92 Å². The average molecular weight is 243 g/mol. The Morgan fingerprint density at radius 1 is 1.11 bits per heavy atom. The van der Waals surface area contributed by atoms with Crippen LogP contribution in [0.3, 0.4) is 0 Å². The molecular weight excluding hydrogens is 222 g/mol. The SMILES string of the molecule is CCNC(CC)c1ccc(-c2ccccc2C)o1. The number of aryl methyl sites for hydroxylation is 1. The largest absolute Gasteiger partial charge is 0.459 e. The molecule has 1 aromatic heterocycles. The Morgan fingerprint density at radius 2 is 1.89 bits per heavy atom. The van der Waals surface area contributed by atoms with Gasteiger partial charge in [-0.25, -0.2) is 0 Å². The van der Waals surface area contributed by atoms with Crippen LogP contribution >= 0.6 is 0 Å². The minimum absolute atomic E-state index is 0.313. The monoisotopic (exact) mass is 243 g/mol. The molecule has 0 spiro atoms. The summed E-state index contributed by atoms with van der Waals surface area (Å²) in [5.41, 5.74) is 2.42. The van der Waals surface area contributed by atoms with Gasteiger partial charge in [0.05, 0.1) is 6.04 Å². The molecule has 0 aliphatic rings. The summed E-state index contributed by atoms with van der Waals surface area (Å²) in [5, 5.41) is 3.43. The maximum absolute atomic E-state index is 5.99. The number of rotatable bonds is 5. The zero-order valence-corrected chi connectivity index (χ0v) is 11.4. The van der Waals surface area contributed by atoms with Crippen molar-refractivity contribution in [2.75, 3.05) is 6.54 Å². The van der Waals surface area contributed by atoms with Gasteiger partial charge in [0.2, 0.25) is 0 Å². The van der Waals surface area contributed by atoms with Crippen molar-refractivity contribution in [2.45, 2.75) is 33.2 Å². The Labute approximate surface area is 109 Å². The van der Waals surface area contributed by atoms with Gasteiger partial charge in [0.1, 0.15) is 11.5 Å². The highest BCUT2D eigenvalue weighted by Gasteiger charge is 2.13. The second kappa shape index (κ2) is 5.87. The molecule has 2 nitrogen and oxygen atoms in total. The molecule has 2 aromatic rings. The van der Waals surface area contributed by atoms with E-state index in [-0.39, 0.29) is 0 Å². The fraction of sp³-hybridized carbons (Fsp3) is 0.375. The smallest absolute Gasteiger partial charge is 0.134 e. The molecule has 0 bridgehead atoms. The van der Waals surface area contributed by atoms with Gasteiger partial charge in [-0.3, -0.25) is 0 Å². The van der Waals surface area contributed by atoms with Crippen molar-refractivity contribution in [3.05, 3.63) is 47.7 Å². The highest BCUT2D eigenvalue weighted by atomic mass is 16.3. The number of nitrogens with one attached hydrogen (secondary N) is 1. The summed E-state index contributed by atoms with van der Waals surface area (Å²) < 4.78 is 5.99. The van der Waals surface area contributed by atoms with Gasteiger partial charge in [0.25, 0.3) is 0 Å². The summed E-state index contributed by atoms with van der Waals surface area (Å²) in [6.07, 6.45) is 1.04. The Hall–Kier alpha value is -1.54. The molecular formula is C16H21NO. The van der Waals surface area contributed by atoms with Crippen molar-refractivity contribution in [1.29, 1.82) is 0 Å². The summed E-state index contributed by atoms with van der Waals surface area (Å²) in [4.78, 5) is 0. The lowest BCUT2D eigenvalue weighted by atomic mass is 10.1. The Bertz CT molecular complexity index is 501. The van der Waals surface area contributed by atoms with Crippen molar-refractivity contribution < 1.29 is 4.42 Å². The zero-order chi connectivity index (χ0) is 13.0. The van der Waals surface area contributed by atoms with Crippen LogP contribution in [0.15, 0.2) is 40.8 Å². The summed E-state index contributed by atoms with van der Waals surface area (Å²) in [6, 6.07) is 12.8. The molecule has 0 saturated heterocycles. The fourth-order valence-corrected chi connectivity index (χ4v) is 2.23. The maximum Gasteiger partial charge on any atom is 0.134 e. The predicted molar refractivity (Wildman–Crippen MR) is 75.6 cm³/mol. The van der Waals surface area contributed by atoms with Crippen molar-refractivity contribution in [1.82, 2.24) is 5.32 Å². The van der Waals surface area contributed by atoms with Crippen molar-refractivity contribution in [3.63, 3.8) is 0 Å². The molecule has 1 heterocycles. The van der Waals surface area contributed by atoms with Crippen LogP contribution in [0.25, 0.3) is 11.3 Å². The molecule has 18 heavy (non-hydrogen) atoms. The highest BCUT2D eigenvalue weighted by molar-refractivity contribution is 5.61. The molecule has 0 aliphatic heterocycles. The van der Waals surface area contributed by atoms with Crippen LogP contribution in [0.1, 0.15) is 37.6 Å². The third-order valence-electron chi connectivity index (χ3n) is 3.24. The van der Waals surface area contributed by atoms with Gasteiger partial charge in [0, 0.05) is 5.56 Å². The van der Waals surface area contributed by atoms with E-state index < -0.39 is 0 Å².